The number of rotatable bonds is 5. The number of carbonyl (C=O) groups is 3. The van der Waals surface area contributed by atoms with Crippen molar-refractivity contribution in [2.75, 3.05) is 6.61 Å². The van der Waals surface area contributed by atoms with Gasteiger partial charge in [-0.25, -0.2) is 4.79 Å². The van der Waals surface area contributed by atoms with Crippen molar-refractivity contribution >= 4 is 17.8 Å². The molecule has 0 aliphatic heterocycles. The highest BCUT2D eigenvalue weighted by atomic mass is 16.4. The summed E-state index contributed by atoms with van der Waals surface area (Å²) in [4.78, 5) is 33.2. The Morgan fingerprint density at radius 3 is 2.39 bits per heavy atom. The Morgan fingerprint density at radius 1 is 1.28 bits per heavy atom. The molecule has 0 aromatic heterocycles. The van der Waals surface area contributed by atoms with E-state index in [0.717, 1.165) is 0 Å². The fourth-order valence-electron chi connectivity index (χ4n) is 1.24. The molecule has 0 saturated carbocycles. The minimum atomic E-state index is -1.39. The first-order valence-electron chi connectivity index (χ1n) is 5.00. The van der Waals surface area contributed by atoms with Crippen LogP contribution in [0.4, 0.5) is 0 Å². The van der Waals surface area contributed by atoms with Gasteiger partial charge in [-0.05, 0) is 18.2 Å². The van der Waals surface area contributed by atoms with E-state index in [2.05, 4.69) is 5.32 Å². The molecule has 1 aromatic rings. The van der Waals surface area contributed by atoms with Gasteiger partial charge in [0, 0.05) is 11.1 Å². The lowest BCUT2D eigenvalue weighted by molar-refractivity contribution is -0.140. The fourth-order valence-corrected chi connectivity index (χ4v) is 1.24. The summed E-state index contributed by atoms with van der Waals surface area (Å²) in [6, 6.07) is 4.13. The molecule has 0 bridgehead atoms. The van der Waals surface area contributed by atoms with Crippen LogP contribution in [0.3, 0.4) is 0 Å². The van der Waals surface area contributed by atoms with Crippen LogP contribution < -0.4 is 11.1 Å². The highest BCUT2D eigenvalue weighted by molar-refractivity contribution is 6.00. The largest absolute Gasteiger partial charge is 0.480 e. The van der Waals surface area contributed by atoms with Crippen molar-refractivity contribution in [2.45, 2.75) is 6.04 Å². The topological polar surface area (TPSA) is 130 Å². The fraction of sp³-hybridized carbons (Fsp3) is 0.182. The Bertz CT molecular complexity index is 486. The third kappa shape index (κ3) is 3.29. The van der Waals surface area contributed by atoms with Gasteiger partial charge in [0.15, 0.2) is 6.04 Å². The summed E-state index contributed by atoms with van der Waals surface area (Å²) in [5, 5.41) is 19.5. The van der Waals surface area contributed by atoms with Crippen LogP contribution in [0.2, 0.25) is 0 Å². The van der Waals surface area contributed by atoms with Gasteiger partial charge in [0.1, 0.15) is 0 Å². The van der Waals surface area contributed by atoms with Crippen LogP contribution in [0, 0.1) is 0 Å². The maximum Gasteiger partial charge on any atom is 0.328 e. The highest BCUT2D eigenvalue weighted by Gasteiger charge is 2.19. The molecule has 0 heterocycles. The molecule has 0 aliphatic carbocycles. The standard InChI is InChI=1S/C11H12N2O5/c12-9(15)6-2-1-3-7(4-6)10(16)13-8(5-14)11(17)18/h1-4,8,14H,5H2,(H2,12,15)(H,13,16)(H,17,18). The number of nitrogens with one attached hydrogen (secondary N) is 1. The van der Waals surface area contributed by atoms with Crippen LogP contribution in [0.1, 0.15) is 20.7 Å². The minimum absolute atomic E-state index is 0.0889. The molecule has 1 aromatic carbocycles. The van der Waals surface area contributed by atoms with Crippen LogP contribution in [-0.2, 0) is 4.79 Å². The first-order chi connectivity index (χ1) is 8.45. The van der Waals surface area contributed by atoms with Crippen molar-refractivity contribution in [3.8, 4) is 0 Å². The molecule has 1 unspecified atom stereocenters. The number of hydrogen-bond acceptors (Lipinski definition) is 4. The van der Waals surface area contributed by atoms with Crippen LogP contribution in [0.25, 0.3) is 0 Å². The molecule has 18 heavy (non-hydrogen) atoms. The monoisotopic (exact) mass is 252 g/mol. The molecule has 0 radical (unpaired) electrons. The Morgan fingerprint density at radius 2 is 1.89 bits per heavy atom. The van der Waals surface area contributed by atoms with Crippen molar-refractivity contribution in [3.63, 3.8) is 0 Å². The van der Waals surface area contributed by atoms with E-state index in [0.29, 0.717) is 0 Å². The van der Waals surface area contributed by atoms with E-state index in [1.165, 1.54) is 24.3 Å². The van der Waals surface area contributed by atoms with Gasteiger partial charge in [-0.1, -0.05) is 6.07 Å². The van der Waals surface area contributed by atoms with Crippen LogP contribution in [-0.4, -0.2) is 40.6 Å². The van der Waals surface area contributed by atoms with Gasteiger partial charge in [0.05, 0.1) is 6.61 Å². The van der Waals surface area contributed by atoms with Crippen LogP contribution >= 0.6 is 0 Å². The number of carboxylic acids is 1. The number of benzene rings is 1. The SMILES string of the molecule is NC(=O)c1cccc(C(=O)NC(CO)C(=O)O)c1. The molecule has 1 atom stereocenters. The number of aliphatic hydroxyl groups is 1. The van der Waals surface area contributed by atoms with Crippen molar-refractivity contribution in [1.82, 2.24) is 5.32 Å². The summed E-state index contributed by atoms with van der Waals surface area (Å²) in [6.07, 6.45) is 0. The Hall–Kier alpha value is -2.41. The predicted octanol–water partition coefficient (Wildman–Crippen LogP) is -1.04. The summed E-state index contributed by atoms with van der Waals surface area (Å²) in [7, 11) is 0. The molecular weight excluding hydrogens is 240 g/mol. The van der Waals surface area contributed by atoms with Gasteiger partial charge in [0.2, 0.25) is 5.91 Å². The summed E-state index contributed by atoms with van der Waals surface area (Å²) < 4.78 is 0. The molecular formula is C11H12N2O5. The maximum absolute atomic E-state index is 11.7. The van der Waals surface area contributed by atoms with Crippen molar-refractivity contribution in [2.24, 2.45) is 5.73 Å². The normalized spacial score (nSPS) is 11.6. The number of carboxylic acid groups (broad SMARTS) is 1. The molecule has 2 amide bonds. The second-order valence-corrected chi connectivity index (χ2v) is 3.49. The second kappa shape index (κ2) is 5.78. The number of hydrogen-bond donors (Lipinski definition) is 4. The van der Waals surface area contributed by atoms with E-state index in [1.807, 2.05) is 0 Å². The lowest BCUT2D eigenvalue weighted by Gasteiger charge is -2.11. The zero-order chi connectivity index (χ0) is 13.7. The first-order valence-corrected chi connectivity index (χ1v) is 5.00. The number of aliphatic hydroxyl groups excluding tert-OH is 1. The van der Waals surface area contributed by atoms with E-state index < -0.39 is 30.4 Å². The lowest BCUT2D eigenvalue weighted by atomic mass is 10.1. The van der Waals surface area contributed by atoms with Gasteiger partial charge in [-0.3, -0.25) is 9.59 Å². The molecule has 0 aliphatic rings. The molecule has 0 spiro atoms. The van der Waals surface area contributed by atoms with Crippen molar-refractivity contribution < 1.29 is 24.6 Å². The number of primary amides is 1. The van der Waals surface area contributed by atoms with Gasteiger partial charge in [-0.2, -0.15) is 0 Å². The molecule has 0 saturated heterocycles. The average molecular weight is 252 g/mol. The first kappa shape index (κ1) is 13.7. The van der Waals surface area contributed by atoms with E-state index in [9.17, 15) is 14.4 Å². The van der Waals surface area contributed by atoms with Gasteiger partial charge >= 0.3 is 5.97 Å². The lowest BCUT2D eigenvalue weighted by Crippen LogP contribution is -2.43. The smallest absolute Gasteiger partial charge is 0.328 e. The second-order valence-electron chi connectivity index (χ2n) is 3.49. The molecule has 0 fully saturated rings. The van der Waals surface area contributed by atoms with Crippen LogP contribution in [0.5, 0.6) is 0 Å². The predicted molar refractivity (Wildman–Crippen MR) is 60.9 cm³/mol. The average Bonchev–Trinajstić information content (AvgIpc) is 2.35. The molecule has 96 valence electrons. The molecule has 1 rings (SSSR count). The minimum Gasteiger partial charge on any atom is -0.480 e. The maximum atomic E-state index is 11.7. The van der Waals surface area contributed by atoms with Gasteiger partial charge < -0.3 is 21.3 Å². The zero-order valence-electron chi connectivity index (χ0n) is 9.29. The third-order valence-electron chi connectivity index (χ3n) is 2.20. The Balaban J connectivity index is 2.87. The van der Waals surface area contributed by atoms with E-state index >= 15 is 0 Å². The number of nitrogens with two attached hydrogens (primary N) is 1. The van der Waals surface area contributed by atoms with Crippen molar-refractivity contribution in [1.29, 1.82) is 0 Å². The quantitative estimate of drug-likeness (QED) is 0.532. The van der Waals surface area contributed by atoms with E-state index in [4.69, 9.17) is 15.9 Å². The zero-order valence-corrected chi connectivity index (χ0v) is 9.29. The molecule has 5 N–H and O–H groups in total. The number of amides is 2. The summed E-state index contributed by atoms with van der Waals surface area (Å²) >= 11 is 0. The molecule has 7 nitrogen and oxygen atoms in total. The van der Waals surface area contributed by atoms with Gasteiger partial charge in [0.25, 0.3) is 5.91 Å². The number of aliphatic carboxylic acids is 1. The van der Waals surface area contributed by atoms with E-state index in [1.54, 1.807) is 0 Å². The summed E-state index contributed by atoms with van der Waals surface area (Å²) in [5.74, 6) is -2.75. The number of carbonyl (C=O) groups excluding carboxylic acids is 2. The third-order valence-corrected chi connectivity index (χ3v) is 2.20. The highest BCUT2D eigenvalue weighted by Crippen LogP contribution is 2.05. The summed E-state index contributed by atoms with van der Waals surface area (Å²) in [6.45, 7) is -0.726. The summed E-state index contributed by atoms with van der Waals surface area (Å²) in [5.41, 5.74) is 5.28. The Kier molecular flexibility index (Phi) is 4.39. The van der Waals surface area contributed by atoms with E-state index in [-0.39, 0.29) is 11.1 Å². The van der Waals surface area contributed by atoms with Gasteiger partial charge in [-0.15, -0.1) is 0 Å². The Labute approximate surface area is 102 Å². The van der Waals surface area contributed by atoms with Crippen molar-refractivity contribution in [3.05, 3.63) is 35.4 Å². The van der Waals surface area contributed by atoms with Crippen LogP contribution in [0.15, 0.2) is 24.3 Å². The molecule has 7 heteroatoms.